The summed E-state index contributed by atoms with van der Waals surface area (Å²) < 4.78 is 39.5. The Morgan fingerprint density at radius 1 is 0.923 bits per heavy atom. The van der Waals surface area contributed by atoms with Crippen molar-refractivity contribution in [3.05, 3.63) is 83.9 Å². The van der Waals surface area contributed by atoms with Crippen molar-refractivity contribution in [2.24, 2.45) is 0 Å². The summed E-state index contributed by atoms with van der Waals surface area (Å²) in [6.07, 6.45) is 0.346. The maximum absolute atomic E-state index is 14.0. The van der Waals surface area contributed by atoms with Gasteiger partial charge in [-0.3, -0.25) is 13.9 Å². The van der Waals surface area contributed by atoms with Gasteiger partial charge in [0.15, 0.2) is 11.5 Å². The summed E-state index contributed by atoms with van der Waals surface area (Å²) in [5.74, 6) is -0.133. The molecule has 9 nitrogen and oxygen atoms in total. The normalized spacial score (nSPS) is 11.8. The molecule has 10 heteroatoms. The van der Waals surface area contributed by atoms with Crippen molar-refractivity contribution in [1.82, 2.24) is 10.2 Å². The van der Waals surface area contributed by atoms with Gasteiger partial charge in [-0.2, -0.15) is 0 Å². The molecule has 0 aliphatic rings. The van der Waals surface area contributed by atoms with Crippen LogP contribution in [0.5, 0.6) is 11.5 Å². The molecule has 0 aliphatic heterocycles. The number of benzene rings is 3. The molecule has 0 heterocycles. The van der Waals surface area contributed by atoms with Gasteiger partial charge in [0.1, 0.15) is 12.6 Å². The van der Waals surface area contributed by atoms with E-state index in [0.717, 1.165) is 15.4 Å². The third-order valence-corrected chi connectivity index (χ3v) is 8.29. The number of methoxy groups -OCH3 is 2. The number of nitrogens with zero attached hydrogens (tertiary/aromatic N) is 2. The molecule has 208 valence electrons. The Morgan fingerprint density at radius 3 is 2.15 bits per heavy atom. The Bertz CT molecular complexity index is 1400. The van der Waals surface area contributed by atoms with E-state index in [0.29, 0.717) is 17.9 Å². The van der Waals surface area contributed by atoms with Gasteiger partial charge in [-0.15, -0.1) is 0 Å². The molecular weight excluding hydrogens is 518 g/mol. The molecule has 0 spiro atoms. The van der Waals surface area contributed by atoms with Crippen LogP contribution in [0.3, 0.4) is 0 Å². The Hall–Kier alpha value is -4.05. The highest BCUT2D eigenvalue weighted by Crippen LogP contribution is 2.34. The van der Waals surface area contributed by atoms with E-state index in [9.17, 15) is 18.0 Å². The minimum Gasteiger partial charge on any atom is -0.493 e. The lowest BCUT2D eigenvalue weighted by Crippen LogP contribution is -2.51. The number of amides is 2. The van der Waals surface area contributed by atoms with Gasteiger partial charge in [0.25, 0.3) is 10.0 Å². The Labute approximate surface area is 230 Å². The SMILES string of the molecule is CC[C@@H](C(=O)NC)N(Cc1ccccc1C)C(=O)CN(c1ccc(OC)c(OC)c1)S(=O)(=O)c1ccccc1. The molecule has 3 rings (SSSR count). The highest BCUT2D eigenvalue weighted by molar-refractivity contribution is 7.92. The number of ether oxygens (including phenoxy) is 2. The zero-order valence-electron chi connectivity index (χ0n) is 22.9. The summed E-state index contributed by atoms with van der Waals surface area (Å²) in [6, 6.07) is 19.3. The van der Waals surface area contributed by atoms with Gasteiger partial charge in [-0.25, -0.2) is 8.42 Å². The smallest absolute Gasteiger partial charge is 0.264 e. The van der Waals surface area contributed by atoms with Crippen molar-refractivity contribution in [1.29, 1.82) is 0 Å². The summed E-state index contributed by atoms with van der Waals surface area (Å²) in [6.45, 7) is 3.34. The van der Waals surface area contributed by atoms with Crippen molar-refractivity contribution >= 4 is 27.5 Å². The number of hydrogen-bond acceptors (Lipinski definition) is 6. The largest absolute Gasteiger partial charge is 0.493 e. The standard InChI is InChI=1S/C29H35N3O6S/c1-6-25(29(34)30-3)31(19-22-13-11-10-12-21(22)2)28(33)20-32(39(35,36)24-14-8-7-9-15-24)23-16-17-26(37-4)27(18-23)38-5/h7-18,25H,6,19-20H2,1-5H3,(H,30,34)/t25-/m0/s1. The molecule has 0 fully saturated rings. The number of likely N-dealkylation sites (N-methyl/N-ethyl adjacent to an activating group) is 1. The molecule has 0 saturated carbocycles. The second kappa shape index (κ2) is 13.1. The molecule has 0 unspecified atom stereocenters. The van der Waals surface area contributed by atoms with Crippen LogP contribution in [-0.4, -0.2) is 59.0 Å². The van der Waals surface area contributed by atoms with Crippen molar-refractivity contribution in [2.75, 3.05) is 32.1 Å². The molecule has 0 saturated heterocycles. The summed E-state index contributed by atoms with van der Waals surface area (Å²) in [4.78, 5) is 28.3. The van der Waals surface area contributed by atoms with E-state index >= 15 is 0 Å². The molecule has 1 atom stereocenters. The molecule has 3 aromatic rings. The average Bonchev–Trinajstić information content (AvgIpc) is 2.96. The Kier molecular flexibility index (Phi) is 9.95. The summed E-state index contributed by atoms with van der Waals surface area (Å²) in [7, 11) is 0.259. The van der Waals surface area contributed by atoms with Crippen LogP contribution in [0.2, 0.25) is 0 Å². The highest BCUT2D eigenvalue weighted by Gasteiger charge is 2.33. The van der Waals surface area contributed by atoms with E-state index in [2.05, 4.69) is 5.32 Å². The third kappa shape index (κ3) is 6.69. The summed E-state index contributed by atoms with van der Waals surface area (Å²) >= 11 is 0. The fraction of sp³-hybridized carbons (Fsp3) is 0.310. The van der Waals surface area contributed by atoms with E-state index in [1.807, 2.05) is 38.1 Å². The maximum atomic E-state index is 14.0. The molecule has 0 aromatic heterocycles. The fourth-order valence-electron chi connectivity index (χ4n) is 4.29. The lowest BCUT2D eigenvalue weighted by molar-refractivity contribution is -0.140. The van der Waals surface area contributed by atoms with Gasteiger partial charge >= 0.3 is 0 Å². The molecule has 39 heavy (non-hydrogen) atoms. The van der Waals surface area contributed by atoms with E-state index in [1.54, 1.807) is 30.3 Å². The molecule has 1 N–H and O–H groups in total. The first-order valence-corrected chi connectivity index (χ1v) is 14.0. The van der Waals surface area contributed by atoms with Crippen LogP contribution in [0.25, 0.3) is 0 Å². The van der Waals surface area contributed by atoms with Crippen molar-refractivity contribution in [2.45, 2.75) is 37.8 Å². The number of aryl methyl sites for hydroxylation is 1. The van der Waals surface area contributed by atoms with E-state index in [4.69, 9.17) is 9.47 Å². The number of nitrogens with one attached hydrogen (secondary N) is 1. The predicted molar refractivity (Wildman–Crippen MR) is 150 cm³/mol. The zero-order chi connectivity index (χ0) is 28.6. The van der Waals surface area contributed by atoms with Gasteiger partial charge in [0, 0.05) is 19.7 Å². The van der Waals surface area contributed by atoms with Crippen LogP contribution in [0.1, 0.15) is 24.5 Å². The van der Waals surface area contributed by atoms with E-state index < -0.39 is 28.5 Å². The molecule has 0 radical (unpaired) electrons. The molecule has 2 amide bonds. The summed E-state index contributed by atoms with van der Waals surface area (Å²) in [5, 5.41) is 2.63. The lowest BCUT2D eigenvalue weighted by atomic mass is 10.1. The van der Waals surface area contributed by atoms with Crippen molar-refractivity contribution < 1.29 is 27.5 Å². The topological polar surface area (TPSA) is 105 Å². The van der Waals surface area contributed by atoms with Gasteiger partial charge in [-0.05, 0) is 48.7 Å². The van der Waals surface area contributed by atoms with E-state index in [1.165, 1.54) is 44.4 Å². The number of carbonyl (C=O) groups excluding carboxylic acids is 2. The quantitative estimate of drug-likeness (QED) is 0.366. The number of hydrogen-bond donors (Lipinski definition) is 1. The first kappa shape index (κ1) is 29.5. The van der Waals surface area contributed by atoms with Gasteiger partial charge < -0.3 is 19.7 Å². The van der Waals surface area contributed by atoms with Gasteiger partial charge in [0.2, 0.25) is 11.8 Å². The van der Waals surface area contributed by atoms with Crippen LogP contribution in [0, 0.1) is 6.92 Å². The maximum Gasteiger partial charge on any atom is 0.264 e. The van der Waals surface area contributed by atoms with Gasteiger partial charge in [-0.1, -0.05) is 49.4 Å². The summed E-state index contributed by atoms with van der Waals surface area (Å²) in [5.41, 5.74) is 2.03. The minimum atomic E-state index is -4.18. The monoisotopic (exact) mass is 553 g/mol. The molecule has 3 aromatic carbocycles. The minimum absolute atomic E-state index is 0.0244. The van der Waals surface area contributed by atoms with Crippen molar-refractivity contribution in [3.63, 3.8) is 0 Å². The Morgan fingerprint density at radius 2 is 1.56 bits per heavy atom. The Balaban J connectivity index is 2.11. The van der Waals surface area contributed by atoms with Crippen LogP contribution >= 0.6 is 0 Å². The van der Waals surface area contributed by atoms with Crippen LogP contribution in [0.15, 0.2) is 77.7 Å². The number of rotatable bonds is 12. The lowest BCUT2D eigenvalue weighted by Gasteiger charge is -2.33. The number of carbonyl (C=O) groups is 2. The van der Waals surface area contributed by atoms with Crippen LogP contribution in [-0.2, 0) is 26.2 Å². The highest BCUT2D eigenvalue weighted by atomic mass is 32.2. The fourth-order valence-corrected chi connectivity index (χ4v) is 5.71. The van der Waals surface area contributed by atoms with E-state index in [-0.39, 0.29) is 23.0 Å². The van der Waals surface area contributed by atoms with Crippen LogP contribution in [0.4, 0.5) is 5.69 Å². The molecular formula is C29H35N3O6S. The molecule has 0 bridgehead atoms. The first-order chi connectivity index (χ1) is 18.7. The molecule has 0 aliphatic carbocycles. The first-order valence-electron chi connectivity index (χ1n) is 12.5. The predicted octanol–water partition coefficient (Wildman–Crippen LogP) is 3.76. The van der Waals surface area contributed by atoms with Crippen molar-refractivity contribution in [3.8, 4) is 11.5 Å². The number of sulfonamides is 1. The number of anilines is 1. The van der Waals surface area contributed by atoms with Gasteiger partial charge in [0.05, 0.1) is 24.8 Å². The second-order valence-electron chi connectivity index (χ2n) is 8.85. The van der Waals surface area contributed by atoms with Crippen LogP contribution < -0.4 is 19.1 Å². The third-order valence-electron chi connectivity index (χ3n) is 6.50. The average molecular weight is 554 g/mol. The zero-order valence-corrected chi connectivity index (χ0v) is 23.7. The second-order valence-corrected chi connectivity index (χ2v) is 10.7.